The molecule has 0 saturated heterocycles. The predicted molar refractivity (Wildman–Crippen MR) is 57.1 cm³/mol. The molecule has 2 heterocycles. The largest absolute Gasteiger partial charge is 0.476 e. The number of aryl methyl sites for hydroxylation is 1. The van der Waals surface area contributed by atoms with Gasteiger partial charge in [0.2, 0.25) is 5.82 Å². The van der Waals surface area contributed by atoms with Crippen LogP contribution in [0.5, 0.6) is 5.88 Å². The summed E-state index contributed by atoms with van der Waals surface area (Å²) in [7, 11) is 1.31. The van der Waals surface area contributed by atoms with Gasteiger partial charge in [-0.15, -0.1) is 0 Å². The lowest BCUT2D eigenvalue weighted by Gasteiger charge is -2.04. The molecule has 2 rings (SSSR count). The van der Waals surface area contributed by atoms with E-state index in [0.717, 1.165) is 5.69 Å². The highest BCUT2D eigenvalue weighted by molar-refractivity contribution is 5.53. The van der Waals surface area contributed by atoms with Gasteiger partial charge >= 0.3 is 5.69 Å². The number of ether oxygens (including phenoxy) is 1. The molecule has 0 bridgehead atoms. The molecule has 17 heavy (non-hydrogen) atoms. The fourth-order valence-electron chi connectivity index (χ4n) is 1.36. The molecule has 0 aliphatic carbocycles. The van der Waals surface area contributed by atoms with Crippen LogP contribution in [0.3, 0.4) is 0 Å². The highest BCUT2D eigenvalue weighted by Crippen LogP contribution is 2.28. The summed E-state index contributed by atoms with van der Waals surface area (Å²) in [4.78, 5) is 17.9. The van der Waals surface area contributed by atoms with Crippen molar-refractivity contribution in [1.82, 2.24) is 19.7 Å². The summed E-state index contributed by atoms with van der Waals surface area (Å²) in [5.41, 5.74) is 0.426. The predicted octanol–water partition coefficient (Wildman–Crippen LogP) is 0.888. The molecule has 0 radical (unpaired) electrons. The molecule has 88 valence electrons. The molecule has 0 N–H and O–H groups in total. The second-order valence-electron chi connectivity index (χ2n) is 3.21. The van der Waals surface area contributed by atoms with Crippen molar-refractivity contribution in [3.63, 3.8) is 0 Å². The SMILES string of the molecule is COc1ncnc(-n2ccc(C)n2)c1[N+](=O)[O-]. The standard InChI is InChI=1S/C9H9N5O3/c1-6-3-4-13(12-6)8-7(14(15)16)9(17-2)11-5-10-8/h3-5H,1-2H3. The quantitative estimate of drug-likeness (QED) is 0.579. The van der Waals surface area contributed by atoms with Crippen molar-refractivity contribution < 1.29 is 9.66 Å². The van der Waals surface area contributed by atoms with Gasteiger partial charge in [0, 0.05) is 6.20 Å². The Kier molecular flexibility index (Phi) is 2.69. The van der Waals surface area contributed by atoms with Crippen molar-refractivity contribution in [2.45, 2.75) is 6.92 Å². The number of nitro groups is 1. The average Bonchev–Trinajstić information content (AvgIpc) is 2.74. The van der Waals surface area contributed by atoms with E-state index in [4.69, 9.17) is 4.74 Å². The van der Waals surface area contributed by atoms with Crippen molar-refractivity contribution in [3.8, 4) is 11.7 Å². The molecule has 0 spiro atoms. The Morgan fingerprint density at radius 2 is 2.24 bits per heavy atom. The Morgan fingerprint density at radius 3 is 2.76 bits per heavy atom. The first-order valence-electron chi connectivity index (χ1n) is 4.69. The molecule has 0 saturated carbocycles. The molecule has 2 aromatic heterocycles. The molecule has 8 heteroatoms. The van der Waals surface area contributed by atoms with Gasteiger partial charge < -0.3 is 4.74 Å². The summed E-state index contributed by atoms with van der Waals surface area (Å²) >= 11 is 0. The van der Waals surface area contributed by atoms with E-state index in [9.17, 15) is 10.1 Å². The fraction of sp³-hybridized carbons (Fsp3) is 0.222. The van der Waals surface area contributed by atoms with Crippen molar-refractivity contribution in [1.29, 1.82) is 0 Å². The van der Waals surface area contributed by atoms with Gasteiger partial charge in [-0.1, -0.05) is 0 Å². The lowest BCUT2D eigenvalue weighted by Crippen LogP contribution is -2.06. The second kappa shape index (κ2) is 4.16. The summed E-state index contributed by atoms with van der Waals surface area (Å²) in [5, 5.41) is 15.1. The Labute approximate surface area is 96.0 Å². The summed E-state index contributed by atoms with van der Waals surface area (Å²) in [6.45, 7) is 1.78. The molecule has 0 fully saturated rings. The van der Waals surface area contributed by atoms with E-state index in [-0.39, 0.29) is 17.4 Å². The lowest BCUT2D eigenvalue weighted by molar-refractivity contribution is -0.386. The maximum atomic E-state index is 11.0. The maximum absolute atomic E-state index is 11.0. The van der Waals surface area contributed by atoms with Crippen molar-refractivity contribution in [2.75, 3.05) is 7.11 Å². The summed E-state index contributed by atoms with van der Waals surface area (Å²) in [6, 6.07) is 1.72. The smallest absolute Gasteiger partial charge is 0.375 e. The number of nitrogens with zero attached hydrogens (tertiary/aromatic N) is 5. The van der Waals surface area contributed by atoms with Gasteiger partial charge in [0.15, 0.2) is 0 Å². The van der Waals surface area contributed by atoms with Gasteiger partial charge in [-0.2, -0.15) is 10.1 Å². The van der Waals surface area contributed by atoms with E-state index in [0.29, 0.717) is 0 Å². The number of methoxy groups -OCH3 is 1. The molecule has 0 aliphatic rings. The van der Waals surface area contributed by atoms with Gasteiger partial charge in [-0.05, 0) is 13.0 Å². The van der Waals surface area contributed by atoms with E-state index in [1.165, 1.54) is 18.1 Å². The van der Waals surface area contributed by atoms with E-state index < -0.39 is 4.92 Å². The highest BCUT2D eigenvalue weighted by Gasteiger charge is 2.25. The first-order chi connectivity index (χ1) is 8.13. The summed E-state index contributed by atoms with van der Waals surface area (Å²) < 4.78 is 6.16. The zero-order valence-electron chi connectivity index (χ0n) is 9.19. The number of aromatic nitrogens is 4. The van der Waals surface area contributed by atoms with Crippen LogP contribution >= 0.6 is 0 Å². The van der Waals surface area contributed by atoms with Crippen LogP contribution in [0.15, 0.2) is 18.6 Å². The van der Waals surface area contributed by atoms with Crippen LogP contribution in [-0.2, 0) is 0 Å². The van der Waals surface area contributed by atoms with Gasteiger partial charge in [0.1, 0.15) is 6.33 Å². The van der Waals surface area contributed by atoms with Crippen LogP contribution in [0.2, 0.25) is 0 Å². The third-order valence-electron chi connectivity index (χ3n) is 2.08. The topological polar surface area (TPSA) is 96.0 Å². The Balaban J connectivity index is 2.65. The van der Waals surface area contributed by atoms with E-state index >= 15 is 0 Å². The van der Waals surface area contributed by atoms with Crippen LogP contribution < -0.4 is 4.74 Å². The molecule has 8 nitrogen and oxygen atoms in total. The van der Waals surface area contributed by atoms with Crippen molar-refractivity contribution in [3.05, 3.63) is 34.4 Å². The maximum Gasteiger partial charge on any atom is 0.375 e. The third-order valence-corrected chi connectivity index (χ3v) is 2.08. The van der Waals surface area contributed by atoms with Crippen LogP contribution in [0.4, 0.5) is 5.69 Å². The zero-order valence-corrected chi connectivity index (χ0v) is 9.19. The van der Waals surface area contributed by atoms with Crippen LogP contribution in [-0.4, -0.2) is 31.8 Å². The zero-order chi connectivity index (χ0) is 12.4. The minimum absolute atomic E-state index is 0.0787. The van der Waals surface area contributed by atoms with Gasteiger partial charge in [0.05, 0.1) is 17.7 Å². The highest BCUT2D eigenvalue weighted by atomic mass is 16.6. The molecule has 0 aromatic carbocycles. The molecule has 0 aliphatic heterocycles. The first-order valence-corrected chi connectivity index (χ1v) is 4.69. The Hall–Kier alpha value is -2.51. The third kappa shape index (κ3) is 1.92. The summed E-state index contributed by atoms with van der Waals surface area (Å²) in [5.74, 6) is -0.0110. The van der Waals surface area contributed by atoms with Crippen molar-refractivity contribution >= 4 is 5.69 Å². The fourth-order valence-corrected chi connectivity index (χ4v) is 1.36. The molecule has 0 unspecified atom stereocenters. The van der Waals surface area contributed by atoms with Crippen LogP contribution in [0, 0.1) is 17.0 Å². The van der Waals surface area contributed by atoms with Gasteiger partial charge in [-0.25, -0.2) is 9.67 Å². The van der Waals surface area contributed by atoms with Crippen LogP contribution in [0.1, 0.15) is 5.69 Å². The minimum atomic E-state index is -0.592. The molecule has 0 atom stereocenters. The summed E-state index contributed by atoms with van der Waals surface area (Å²) in [6.07, 6.45) is 2.78. The number of hydrogen-bond acceptors (Lipinski definition) is 6. The first kappa shape index (κ1) is 11.0. The number of rotatable bonds is 3. The lowest BCUT2D eigenvalue weighted by atomic mass is 10.4. The van der Waals surface area contributed by atoms with E-state index in [2.05, 4.69) is 15.1 Å². The van der Waals surface area contributed by atoms with E-state index in [1.807, 2.05) is 0 Å². The molecule has 2 aromatic rings. The van der Waals surface area contributed by atoms with E-state index in [1.54, 1.807) is 19.2 Å². The second-order valence-corrected chi connectivity index (χ2v) is 3.21. The minimum Gasteiger partial charge on any atom is -0.476 e. The Morgan fingerprint density at radius 1 is 1.47 bits per heavy atom. The number of hydrogen-bond donors (Lipinski definition) is 0. The monoisotopic (exact) mass is 235 g/mol. The molecule has 0 amide bonds. The van der Waals surface area contributed by atoms with Crippen molar-refractivity contribution in [2.24, 2.45) is 0 Å². The van der Waals surface area contributed by atoms with Gasteiger partial charge in [0.25, 0.3) is 5.88 Å². The average molecular weight is 235 g/mol. The normalized spacial score (nSPS) is 10.2. The Bertz CT molecular complexity index is 566. The molecular weight excluding hydrogens is 226 g/mol. The molecular formula is C9H9N5O3. The van der Waals surface area contributed by atoms with Gasteiger partial charge in [-0.3, -0.25) is 10.1 Å². The van der Waals surface area contributed by atoms with Crippen LogP contribution in [0.25, 0.3) is 5.82 Å².